The van der Waals surface area contributed by atoms with E-state index in [4.69, 9.17) is 4.74 Å². The van der Waals surface area contributed by atoms with Crippen LogP contribution in [0.3, 0.4) is 0 Å². The number of rotatable bonds is 8. The van der Waals surface area contributed by atoms with Crippen LogP contribution in [0.2, 0.25) is 0 Å². The molecule has 42 heavy (non-hydrogen) atoms. The lowest BCUT2D eigenvalue weighted by Gasteiger charge is -2.38. The largest absolute Gasteiger partial charge is 0.488 e. The fourth-order valence-corrected chi connectivity index (χ4v) is 5.75. The Morgan fingerprint density at radius 2 is 1.71 bits per heavy atom. The van der Waals surface area contributed by atoms with Gasteiger partial charge >= 0.3 is 12.2 Å². The number of urea groups is 1. The van der Waals surface area contributed by atoms with Crippen LogP contribution in [-0.2, 0) is 6.18 Å². The number of likely N-dealkylation sites (N-methyl/N-ethyl adjacent to an activating group) is 1. The minimum atomic E-state index is -4.47. The topological polar surface area (TPSA) is 94.1 Å². The van der Waals surface area contributed by atoms with Crippen LogP contribution in [0.25, 0.3) is 0 Å². The number of benzene rings is 2. The van der Waals surface area contributed by atoms with Gasteiger partial charge in [0.05, 0.1) is 23.8 Å². The Hall–Kier alpha value is -3.31. The Labute approximate surface area is 245 Å². The number of nitrogens with one attached hydrogen (secondary N) is 2. The molecule has 11 heteroatoms. The lowest BCUT2D eigenvalue weighted by Crippen LogP contribution is -2.50. The van der Waals surface area contributed by atoms with Crippen LogP contribution in [0.5, 0.6) is 5.75 Å². The van der Waals surface area contributed by atoms with Gasteiger partial charge in [-0.05, 0) is 75.2 Å². The fraction of sp³-hybridized carbons (Fsp3) is 0.548. The van der Waals surface area contributed by atoms with Crippen molar-refractivity contribution in [2.24, 2.45) is 11.8 Å². The standard InChI is InChI=1S/C31H41F3N4O4/c1-20-16-38(21(2)19-39)29(40)26-15-25(36-30(41)35-24-11-9-23(10-12-24)31(32,33)34)13-14-27(26)42-28(20)18-37(3)17-22-7-5-4-6-8-22/h9-15,20-22,28,39H,4-8,16-19H2,1-3H3,(H2,35,36,41)/t20-,21-,28+/m1/s1. The number of halogens is 3. The molecule has 0 radical (unpaired) electrons. The predicted molar refractivity (Wildman–Crippen MR) is 156 cm³/mol. The first-order chi connectivity index (χ1) is 19.9. The number of anilines is 2. The molecule has 230 valence electrons. The number of amides is 3. The summed E-state index contributed by atoms with van der Waals surface area (Å²) in [4.78, 5) is 30.3. The Morgan fingerprint density at radius 3 is 2.36 bits per heavy atom. The van der Waals surface area contributed by atoms with Crippen LogP contribution in [-0.4, -0.2) is 72.3 Å². The van der Waals surface area contributed by atoms with E-state index in [0.717, 1.165) is 18.7 Å². The Kier molecular flexibility index (Phi) is 10.4. The van der Waals surface area contributed by atoms with Crippen molar-refractivity contribution in [1.82, 2.24) is 9.80 Å². The van der Waals surface area contributed by atoms with E-state index in [9.17, 15) is 27.9 Å². The number of fused-ring (bicyclic) bond motifs is 1. The van der Waals surface area contributed by atoms with Crippen molar-refractivity contribution in [2.45, 2.75) is 64.3 Å². The SMILES string of the molecule is C[C@@H]1CN([C@H](C)CO)C(=O)c2cc(NC(=O)Nc3ccc(C(F)(F)F)cc3)ccc2O[C@H]1CN(C)CC1CCCCC1. The summed E-state index contributed by atoms with van der Waals surface area (Å²) in [5, 5.41) is 15.1. The zero-order chi connectivity index (χ0) is 30.4. The molecule has 1 heterocycles. The first kappa shape index (κ1) is 31.6. The first-order valence-electron chi connectivity index (χ1n) is 14.6. The van der Waals surface area contributed by atoms with Crippen molar-refractivity contribution in [3.63, 3.8) is 0 Å². The molecule has 0 saturated heterocycles. The molecule has 0 unspecified atom stereocenters. The summed E-state index contributed by atoms with van der Waals surface area (Å²) < 4.78 is 45.0. The molecule has 2 aliphatic rings. The van der Waals surface area contributed by atoms with Gasteiger partial charge in [-0.25, -0.2) is 4.79 Å². The molecule has 8 nitrogen and oxygen atoms in total. The van der Waals surface area contributed by atoms with Crippen LogP contribution in [0, 0.1) is 11.8 Å². The van der Waals surface area contributed by atoms with Gasteiger partial charge in [-0.3, -0.25) is 4.79 Å². The normalized spacial score (nSPS) is 20.8. The minimum Gasteiger partial charge on any atom is -0.488 e. The highest BCUT2D eigenvalue weighted by Gasteiger charge is 2.34. The molecule has 2 aromatic rings. The third-order valence-corrected chi connectivity index (χ3v) is 8.18. The van der Waals surface area contributed by atoms with E-state index in [1.54, 1.807) is 24.0 Å². The second kappa shape index (κ2) is 13.8. The van der Waals surface area contributed by atoms with Crippen molar-refractivity contribution in [3.05, 3.63) is 53.6 Å². The molecule has 0 aromatic heterocycles. The second-order valence-electron chi connectivity index (χ2n) is 11.7. The third kappa shape index (κ3) is 8.16. The van der Waals surface area contributed by atoms with Gasteiger partial charge in [-0.15, -0.1) is 0 Å². The summed E-state index contributed by atoms with van der Waals surface area (Å²) in [6, 6.07) is 7.80. The number of hydrogen-bond donors (Lipinski definition) is 3. The van der Waals surface area contributed by atoms with Crippen molar-refractivity contribution in [1.29, 1.82) is 0 Å². The maximum atomic E-state index is 13.7. The number of carbonyl (C=O) groups is 2. The molecule has 4 rings (SSSR count). The van der Waals surface area contributed by atoms with E-state index in [1.807, 2.05) is 0 Å². The maximum absolute atomic E-state index is 13.7. The number of aliphatic hydroxyl groups excluding tert-OH is 1. The van der Waals surface area contributed by atoms with Gasteiger partial charge in [0, 0.05) is 36.9 Å². The van der Waals surface area contributed by atoms with Crippen molar-refractivity contribution in [2.75, 3.05) is 43.9 Å². The lowest BCUT2D eigenvalue weighted by atomic mass is 9.89. The fourth-order valence-electron chi connectivity index (χ4n) is 5.75. The van der Waals surface area contributed by atoms with Crippen LogP contribution in [0.4, 0.5) is 29.3 Å². The van der Waals surface area contributed by atoms with Crippen LogP contribution < -0.4 is 15.4 Å². The van der Waals surface area contributed by atoms with Gasteiger partial charge in [0.2, 0.25) is 0 Å². The molecule has 0 spiro atoms. The molecule has 3 atom stereocenters. The van der Waals surface area contributed by atoms with Gasteiger partial charge in [0.1, 0.15) is 11.9 Å². The molecule has 1 saturated carbocycles. The van der Waals surface area contributed by atoms with E-state index >= 15 is 0 Å². The van der Waals surface area contributed by atoms with E-state index in [-0.39, 0.29) is 35.8 Å². The van der Waals surface area contributed by atoms with E-state index in [2.05, 4.69) is 29.5 Å². The molecular formula is C31H41F3N4O4. The number of ether oxygens (including phenoxy) is 1. The van der Waals surface area contributed by atoms with Gasteiger partial charge in [-0.2, -0.15) is 13.2 Å². The van der Waals surface area contributed by atoms with Gasteiger partial charge in [-0.1, -0.05) is 26.2 Å². The average Bonchev–Trinajstić information content (AvgIpc) is 2.95. The molecule has 1 fully saturated rings. The van der Waals surface area contributed by atoms with Crippen LogP contribution >= 0.6 is 0 Å². The van der Waals surface area contributed by atoms with Gasteiger partial charge in [0.25, 0.3) is 5.91 Å². The second-order valence-corrected chi connectivity index (χ2v) is 11.7. The van der Waals surface area contributed by atoms with Crippen molar-refractivity contribution in [3.8, 4) is 5.75 Å². The molecule has 0 bridgehead atoms. The molecule has 2 aromatic carbocycles. The highest BCUT2D eigenvalue weighted by atomic mass is 19.4. The quantitative estimate of drug-likeness (QED) is 0.347. The number of aliphatic hydroxyl groups is 1. The lowest BCUT2D eigenvalue weighted by molar-refractivity contribution is -0.137. The molecule has 1 aliphatic heterocycles. The monoisotopic (exact) mass is 590 g/mol. The minimum absolute atomic E-state index is 0.00257. The van der Waals surface area contributed by atoms with Crippen molar-refractivity contribution < 1.29 is 32.6 Å². The third-order valence-electron chi connectivity index (χ3n) is 8.18. The molecule has 1 aliphatic carbocycles. The average molecular weight is 591 g/mol. The highest BCUT2D eigenvalue weighted by molar-refractivity contribution is 6.02. The van der Waals surface area contributed by atoms with E-state index in [1.165, 1.54) is 50.3 Å². The maximum Gasteiger partial charge on any atom is 0.416 e. The van der Waals surface area contributed by atoms with Crippen LogP contribution in [0.1, 0.15) is 61.9 Å². The number of hydrogen-bond acceptors (Lipinski definition) is 5. The zero-order valence-corrected chi connectivity index (χ0v) is 24.4. The smallest absolute Gasteiger partial charge is 0.416 e. The highest BCUT2D eigenvalue weighted by Crippen LogP contribution is 2.32. The summed E-state index contributed by atoms with van der Waals surface area (Å²) in [5.74, 6) is 0.748. The summed E-state index contributed by atoms with van der Waals surface area (Å²) in [6.07, 6.45) is 1.66. The van der Waals surface area contributed by atoms with Gasteiger partial charge < -0.3 is 30.3 Å². The first-order valence-corrected chi connectivity index (χ1v) is 14.6. The van der Waals surface area contributed by atoms with Crippen molar-refractivity contribution >= 4 is 23.3 Å². The van der Waals surface area contributed by atoms with E-state index in [0.29, 0.717) is 30.4 Å². The summed E-state index contributed by atoms with van der Waals surface area (Å²) in [7, 11) is 2.10. The zero-order valence-electron chi connectivity index (χ0n) is 24.4. The molecule has 3 N–H and O–H groups in total. The van der Waals surface area contributed by atoms with Crippen LogP contribution in [0.15, 0.2) is 42.5 Å². The Morgan fingerprint density at radius 1 is 1.07 bits per heavy atom. The summed E-state index contributed by atoms with van der Waals surface area (Å²) in [5.41, 5.74) is -0.0628. The number of nitrogens with zero attached hydrogens (tertiary/aromatic N) is 2. The Balaban J connectivity index is 1.51. The van der Waals surface area contributed by atoms with E-state index < -0.39 is 23.8 Å². The summed E-state index contributed by atoms with van der Waals surface area (Å²) in [6.45, 7) is 5.71. The number of carbonyl (C=O) groups excluding carboxylic acids is 2. The number of alkyl halides is 3. The molecule has 3 amide bonds. The van der Waals surface area contributed by atoms with Gasteiger partial charge in [0.15, 0.2) is 0 Å². The Bertz CT molecular complexity index is 1220. The molecular weight excluding hydrogens is 549 g/mol. The predicted octanol–water partition coefficient (Wildman–Crippen LogP) is 6.08. The summed E-state index contributed by atoms with van der Waals surface area (Å²) >= 11 is 0.